The Labute approximate surface area is 163 Å². The predicted molar refractivity (Wildman–Crippen MR) is 108 cm³/mol. The minimum absolute atomic E-state index is 0.0330. The van der Waals surface area contributed by atoms with Crippen LogP contribution in [0.5, 0.6) is 0 Å². The van der Waals surface area contributed by atoms with Crippen LogP contribution >= 0.6 is 0 Å². The maximum atomic E-state index is 5.93. The summed E-state index contributed by atoms with van der Waals surface area (Å²) in [6.45, 7) is 5.60. The average Bonchev–Trinajstić information content (AvgIpc) is 2.74. The van der Waals surface area contributed by atoms with E-state index in [1.165, 1.54) is 0 Å². The quantitative estimate of drug-likeness (QED) is 0.688. The molecule has 28 heavy (non-hydrogen) atoms. The molecule has 3 heterocycles. The van der Waals surface area contributed by atoms with Gasteiger partial charge in [-0.25, -0.2) is 4.98 Å². The number of para-hydroxylation sites is 1. The fourth-order valence-electron chi connectivity index (χ4n) is 3.26. The fourth-order valence-corrected chi connectivity index (χ4v) is 3.26. The molecule has 3 N–H and O–H groups in total. The molecule has 0 bridgehead atoms. The number of piperazine rings is 1. The molecule has 1 aliphatic rings. The molecule has 1 saturated heterocycles. The molecular formula is C19H23N9. The first-order valence-electron chi connectivity index (χ1n) is 9.27. The van der Waals surface area contributed by atoms with Crippen LogP contribution in [0.1, 0.15) is 18.8 Å². The van der Waals surface area contributed by atoms with Gasteiger partial charge in [0.2, 0.25) is 11.9 Å². The summed E-state index contributed by atoms with van der Waals surface area (Å²) in [6, 6.07) is 9.80. The number of benzene rings is 1. The van der Waals surface area contributed by atoms with Gasteiger partial charge in [-0.15, -0.1) is 0 Å². The van der Waals surface area contributed by atoms with Gasteiger partial charge in [-0.3, -0.25) is 9.88 Å². The van der Waals surface area contributed by atoms with E-state index in [9.17, 15) is 0 Å². The zero-order chi connectivity index (χ0) is 19.3. The van der Waals surface area contributed by atoms with E-state index in [2.05, 4.69) is 47.0 Å². The zero-order valence-electron chi connectivity index (χ0n) is 15.7. The van der Waals surface area contributed by atoms with Gasteiger partial charge in [-0.05, 0) is 19.1 Å². The van der Waals surface area contributed by atoms with E-state index >= 15 is 0 Å². The van der Waals surface area contributed by atoms with Crippen molar-refractivity contribution in [3.05, 3.63) is 54.7 Å². The molecule has 144 valence electrons. The zero-order valence-corrected chi connectivity index (χ0v) is 15.7. The molecule has 0 spiro atoms. The average molecular weight is 377 g/mol. The number of nitrogen functional groups attached to an aromatic ring is 1. The van der Waals surface area contributed by atoms with Crippen molar-refractivity contribution in [2.45, 2.75) is 13.0 Å². The highest BCUT2D eigenvalue weighted by Crippen LogP contribution is 2.22. The molecule has 1 aromatic carbocycles. The lowest BCUT2D eigenvalue weighted by Gasteiger charge is -2.37. The Balaban J connectivity index is 1.44. The SMILES string of the molecule is C[C@@H](c1nc(N)nc(Nc2ccccc2)n1)N1CCN(c2cnccn2)CC1. The van der Waals surface area contributed by atoms with E-state index in [0.29, 0.717) is 11.8 Å². The lowest BCUT2D eigenvalue weighted by molar-refractivity contribution is 0.191. The third-order valence-electron chi connectivity index (χ3n) is 4.81. The van der Waals surface area contributed by atoms with Gasteiger partial charge in [0.15, 0.2) is 5.82 Å². The highest BCUT2D eigenvalue weighted by atomic mass is 15.3. The van der Waals surface area contributed by atoms with Crippen LogP contribution in [0.15, 0.2) is 48.9 Å². The largest absolute Gasteiger partial charge is 0.368 e. The maximum absolute atomic E-state index is 5.93. The van der Waals surface area contributed by atoms with E-state index < -0.39 is 0 Å². The molecule has 1 atom stereocenters. The molecule has 3 aromatic rings. The molecule has 0 unspecified atom stereocenters. The number of nitrogens with zero attached hydrogens (tertiary/aromatic N) is 7. The molecule has 9 heteroatoms. The molecule has 0 saturated carbocycles. The van der Waals surface area contributed by atoms with E-state index in [-0.39, 0.29) is 12.0 Å². The van der Waals surface area contributed by atoms with E-state index in [0.717, 1.165) is 37.7 Å². The molecule has 0 amide bonds. The number of nitrogens with two attached hydrogens (primary N) is 1. The Morgan fingerprint density at radius 1 is 1.00 bits per heavy atom. The topological polar surface area (TPSA) is 109 Å². The van der Waals surface area contributed by atoms with Crippen LogP contribution in [0.2, 0.25) is 0 Å². The van der Waals surface area contributed by atoms with Gasteiger partial charge in [0.05, 0.1) is 12.2 Å². The normalized spacial score (nSPS) is 16.0. The third kappa shape index (κ3) is 4.15. The number of rotatable bonds is 5. The first kappa shape index (κ1) is 18.1. The van der Waals surface area contributed by atoms with Crippen LogP contribution in [0.25, 0.3) is 0 Å². The van der Waals surface area contributed by atoms with Gasteiger partial charge in [-0.1, -0.05) is 18.2 Å². The molecule has 0 aliphatic carbocycles. The monoisotopic (exact) mass is 377 g/mol. The summed E-state index contributed by atoms with van der Waals surface area (Å²) in [4.78, 5) is 26.3. The van der Waals surface area contributed by atoms with Crippen molar-refractivity contribution in [3.63, 3.8) is 0 Å². The second kappa shape index (κ2) is 8.13. The van der Waals surface area contributed by atoms with Crippen molar-refractivity contribution in [1.82, 2.24) is 29.8 Å². The van der Waals surface area contributed by atoms with Gasteiger partial charge in [0.1, 0.15) is 5.82 Å². The third-order valence-corrected chi connectivity index (χ3v) is 4.81. The second-order valence-electron chi connectivity index (χ2n) is 6.63. The summed E-state index contributed by atoms with van der Waals surface area (Å²) in [7, 11) is 0. The van der Waals surface area contributed by atoms with Crippen LogP contribution in [-0.2, 0) is 0 Å². The molecule has 4 rings (SSSR count). The number of hydrogen-bond acceptors (Lipinski definition) is 9. The first-order chi connectivity index (χ1) is 13.7. The summed E-state index contributed by atoms with van der Waals surface area (Å²) in [5, 5.41) is 3.19. The Bertz CT molecular complexity index is 896. The smallest absolute Gasteiger partial charge is 0.232 e. The summed E-state index contributed by atoms with van der Waals surface area (Å²) in [5.74, 6) is 2.25. The lowest BCUT2D eigenvalue weighted by atomic mass is 10.2. The molecular weight excluding hydrogens is 354 g/mol. The highest BCUT2D eigenvalue weighted by molar-refractivity contribution is 5.53. The summed E-state index contributed by atoms with van der Waals surface area (Å²) >= 11 is 0. The Morgan fingerprint density at radius 3 is 2.50 bits per heavy atom. The van der Waals surface area contributed by atoms with Crippen LogP contribution in [0, 0.1) is 0 Å². The van der Waals surface area contributed by atoms with Gasteiger partial charge in [-0.2, -0.15) is 15.0 Å². The van der Waals surface area contributed by atoms with Crippen molar-refractivity contribution in [1.29, 1.82) is 0 Å². The summed E-state index contributed by atoms with van der Waals surface area (Å²) in [5.41, 5.74) is 6.84. The highest BCUT2D eigenvalue weighted by Gasteiger charge is 2.25. The second-order valence-corrected chi connectivity index (χ2v) is 6.63. The fraction of sp³-hybridized carbons (Fsp3) is 0.316. The van der Waals surface area contributed by atoms with E-state index in [1.54, 1.807) is 18.6 Å². The van der Waals surface area contributed by atoms with Crippen LogP contribution in [-0.4, -0.2) is 56.0 Å². The van der Waals surface area contributed by atoms with Crippen LogP contribution in [0.3, 0.4) is 0 Å². The minimum Gasteiger partial charge on any atom is -0.368 e. The molecule has 9 nitrogen and oxygen atoms in total. The van der Waals surface area contributed by atoms with Gasteiger partial charge < -0.3 is 16.0 Å². The lowest BCUT2D eigenvalue weighted by Crippen LogP contribution is -2.47. The molecule has 1 fully saturated rings. The molecule has 1 aliphatic heterocycles. The van der Waals surface area contributed by atoms with Crippen molar-refractivity contribution in [2.75, 3.05) is 42.1 Å². The summed E-state index contributed by atoms with van der Waals surface area (Å²) in [6.07, 6.45) is 5.21. The first-order valence-corrected chi connectivity index (χ1v) is 9.27. The number of nitrogens with one attached hydrogen (secondary N) is 1. The standard InChI is InChI=1S/C19H23N9/c1-14(27-9-11-28(12-10-27)16-13-21-7-8-22-16)17-24-18(20)26-19(25-17)23-15-5-3-2-4-6-15/h2-8,13-14H,9-12H2,1H3,(H3,20,23,24,25,26)/t14-/m0/s1. The minimum atomic E-state index is 0.0330. The molecule has 2 aromatic heterocycles. The number of aromatic nitrogens is 5. The van der Waals surface area contributed by atoms with Crippen molar-refractivity contribution in [3.8, 4) is 0 Å². The van der Waals surface area contributed by atoms with Crippen LogP contribution in [0.4, 0.5) is 23.4 Å². The van der Waals surface area contributed by atoms with Crippen molar-refractivity contribution < 1.29 is 0 Å². The number of anilines is 4. The Hall–Kier alpha value is -3.33. The van der Waals surface area contributed by atoms with E-state index in [1.807, 2.05) is 30.3 Å². The van der Waals surface area contributed by atoms with Gasteiger partial charge in [0.25, 0.3) is 0 Å². The van der Waals surface area contributed by atoms with Crippen molar-refractivity contribution in [2.24, 2.45) is 0 Å². The number of hydrogen-bond donors (Lipinski definition) is 2. The maximum Gasteiger partial charge on any atom is 0.232 e. The Morgan fingerprint density at radius 2 is 1.79 bits per heavy atom. The summed E-state index contributed by atoms with van der Waals surface area (Å²) < 4.78 is 0. The van der Waals surface area contributed by atoms with Crippen molar-refractivity contribution >= 4 is 23.4 Å². The van der Waals surface area contributed by atoms with Gasteiger partial charge >= 0.3 is 0 Å². The van der Waals surface area contributed by atoms with Crippen LogP contribution < -0.4 is 16.0 Å². The molecule has 0 radical (unpaired) electrons. The van der Waals surface area contributed by atoms with Gasteiger partial charge in [0, 0.05) is 44.3 Å². The Kier molecular flexibility index (Phi) is 5.24. The predicted octanol–water partition coefficient (Wildman–Crippen LogP) is 1.87. The van der Waals surface area contributed by atoms with E-state index in [4.69, 9.17) is 5.73 Å².